The van der Waals surface area contributed by atoms with Gasteiger partial charge in [-0.1, -0.05) is 66.7 Å². The molecule has 0 aromatic heterocycles. The van der Waals surface area contributed by atoms with Crippen molar-refractivity contribution in [1.29, 1.82) is 0 Å². The van der Waals surface area contributed by atoms with Crippen molar-refractivity contribution in [2.45, 2.75) is 25.7 Å². The number of hydrogen-bond donors (Lipinski definition) is 0. The minimum Gasteiger partial charge on any atom is -0.466 e. The van der Waals surface area contributed by atoms with E-state index >= 15 is 0 Å². The van der Waals surface area contributed by atoms with E-state index in [4.69, 9.17) is 14.2 Å². The van der Waals surface area contributed by atoms with Crippen molar-refractivity contribution in [3.8, 4) is 0 Å². The van der Waals surface area contributed by atoms with E-state index in [1.807, 2.05) is 66.7 Å². The molecule has 0 N–H and O–H groups in total. The normalized spacial score (nSPS) is 19.2. The molecule has 0 bridgehead atoms. The van der Waals surface area contributed by atoms with E-state index in [-0.39, 0.29) is 18.0 Å². The van der Waals surface area contributed by atoms with Gasteiger partial charge in [0.25, 0.3) is 0 Å². The molecule has 136 valence electrons. The highest BCUT2D eigenvalue weighted by atomic mass is 16.5. The Balaban J connectivity index is 1.59. The van der Waals surface area contributed by atoms with E-state index in [1.165, 1.54) is 7.11 Å². The zero-order valence-corrected chi connectivity index (χ0v) is 15.0. The van der Waals surface area contributed by atoms with Crippen molar-refractivity contribution in [2.75, 3.05) is 13.7 Å². The number of benzene rings is 2. The third-order valence-electron chi connectivity index (χ3n) is 4.56. The Kier molecular flexibility index (Phi) is 6.58. The van der Waals surface area contributed by atoms with Gasteiger partial charge in [0.15, 0.2) is 0 Å². The first kappa shape index (κ1) is 18.4. The van der Waals surface area contributed by atoms with Crippen molar-refractivity contribution in [3.05, 3.63) is 83.4 Å². The van der Waals surface area contributed by atoms with Crippen molar-refractivity contribution < 1.29 is 19.0 Å². The molecule has 0 amide bonds. The van der Waals surface area contributed by atoms with Crippen molar-refractivity contribution in [1.82, 2.24) is 0 Å². The maximum Gasteiger partial charge on any atom is 0.333 e. The molecule has 0 saturated carbocycles. The first-order chi connectivity index (χ1) is 12.8. The van der Waals surface area contributed by atoms with Crippen LogP contribution in [-0.2, 0) is 32.2 Å². The van der Waals surface area contributed by atoms with Gasteiger partial charge in [0.1, 0.15) is 0 Å². The first-order valence-corrected chi connectivity index (χ1v) is 8.83. The lowest BCUT2D eigenvalue weighted by Crippen LogP contribution is -2.28. The van der Waals surface area contributed by atoms with Gasteiger partial charge in [0, 0.05) is 11.5 Å². The van der Waals surface area contributed by atoms with Crippen LogP contribution >= 0.6 is 0 Å². The molecular weight excluding hydrogens is 328 g/mol. The summed E-state index contributed by atoms with van der Waals surface area (Å²) in [5, 5.41) is 0. The predicted molar refractivity (Wildman–Crippen MR) is 99.3 cm³/mol. The topological polar surface area (TPSA) is 44.8 Å². The van der Waals surface area contributed by atoms with Crippen LogP contribution in [0.3, 0.4) is 0 Å². The maximum atomic E-state index is 12.1. The van der Waals surface area contributed by atoms with Gasteiger partial charge < -0.3 is 14.2 Å². The van der Waals surface area contributed by atoms with E-state index in [2.05, 4.69) is 0 Å². The van der Waals surface area contributed by atoms with Crippen LogP contribution in [0.2, 0.25) is 0 Å². The quantitative estimate of drug-likeness (QED) is 0.676. The second-order valence-electron chi connectivity index (χ2n) is 6.33. The molecule has 2 aromatic carbocycles. The SMILES string of the molecule is COC(=O)C1=CCC(OCc2ccccc2)C1COCc1ccccc1. The van der Waals surface area contributed by atoms with Gasteiger partial charge >= 0.3 is 5.97 Å². The summed E-state index contributed by atoms with van der Waals surface area (Å²) in [7, 11) is 1.41. The molecule has 2 unspecified atom stereocenters. The largest absolute Gasteiger partial charge is 0.466 e. The van der Waals surface area contributed by atoms with E-state index in [1.54, 1.807) is 0 Å². The van der Waals surface area contributed by atoms with E-state index in [9.17, 15) is 4.79 Å². The lowest BCUT2D eigenvalue weighted by atomic mass is 10.00. The second-order valence-corrected chi connectivity index (χ2v) is 6.33. The Labute approximate surface area is 154 Å². The highest BCUT2D eigenvalue weighted by Crippen LogP contribution is 2.31. The van der Waals surface area contributed by atoms with Crippen LogP contribution in [0.4, 0.5) is 0 Å². The van der Waals surface area contributed by atoms with Crippen LogP contribution in [0.1, 0.15) is 17.5 Å². The molecule has 26 heavy (non-hydrogen) atoms. The number of carbonyl (C=O) groups excluding carboxylic acids is 1. The molecule has 0 aliphatic heterocycles. The molecule has 0 spiro atoms. The highest BCUT2D eigenvalue weighted by Gasteiger charge is 2.35. The summed E-state index contributed by atoms with van der Waals surface area (Å²) in [6.45, 7) is 1.45. The molecule has 0 fully saturated rings. The van der Waals surface area contributed by atoms with Gasteiger partial charge in [-0.15, -0.1) is 0 Å². The lowest BCUT2D eigenvalue weighted by Gasteiger charge is -2.22. The van der Waals surface area contributed by atoms with Crippen molar-refractivity contribution in [2.24, 2.45) is 5.92 Å². The van der Waals surface area contributed by atoms with E-state index in [0.29, 0.717) is 31.8 Å². The van der Waals surface area contributed by atoms with Crippen LogP contribution in [0, 0.1) is 5.92 Å². The third-order valence-corrected chi connectivity index (χ3v) is 4.56. The third kappa shape index (κ3) is 4.81. The Morgan fingerprint density at radius 1 is 0.962 bits per heavy atom. The van der Waals surface area contributed by atoms with E-state index in [0.717, 1.165) is 11.1 Å². The Morgan fingerprint density at radius 2 is 1.58 bits per heavy atom. The van der Waals surface area contributed by atoms with Crippen LogP contribution in [-0.4, -0.2) is 25.8 Å². The zero-order chi connectivity index (χ0) is 18.2. The molecule has 1 aliphatic rings. The molecule has 4 heteroatoms. The smallest absolute Gasteiger partial charge is 0.333 e. The van der Waals surface area contributed by atoms with Gasteiger partial charge in [0.2, 0.25) is 0 Å². The van der Waals surface area contributed by atoms with Crippen LogP contribution in [0.15, 0.2) is 72.3 Å². The fraction of sp³-hybridized carbons (Fsp3) is 0.318. The zero-order valence-electron chi connectivity index (χ0n) is 15.0. The molecular formula is C22H24O4. The average Bonchev–Trinajstić information content (AvgIpc) is 3.10. The lowest BCUT2D eigenvalue weighted by molar-refractivity contribution is -0.137. The fourth-order valence-electron chi connectivity index (χ4n) is 3.15. The molecule has 2 aromatic rings. The molecule has 3 rings (SSSR count). The predicted octanol–water partition coefficient (Wildman–Crippen LogP) is 3.91. The molecule has 4 nitrogen and oxygen atoms in total. The number of rotatable bonds is 8. The maximum absolute atomic E-state index is 12.1. The van der Waals surface area contributed by atoms with Crippen molar-refractivity contribution in [3.63, 3.8) is 0 Å². The summed E-state index contributed by atoms with van der Waals surface area (Å²) < 4.78 is 16.9. The number of esters is 1. The standard InChI is InChI=1S/C22H24O4/c1-24-22(23)19-12-13-21(26-15-18-10-6-3-7-11-18)20(19)16-25-14-17-8-4-2-5-9-17/h2-12,20-21H,13-16H2,1H3. The summed E-state index contributed by atoms with van der Waals surface area (Å²) in [5.41, 5.74) is 2.87. The second kappa shape index (κ2) is 9.32. The summed E-state index contributed by atoms with van der Waals surface area (Å²) in [6.07, 6.45) is 2.52. The van der Waals surface area contributed by atoms with Crippen LogP contribution in [0.5, 0.6) is 0 Å². The Bertz CT molecular complexity index is 724. The molecule has 0 heterocycles. The Morgan fingerprint density at radius 3 is 2.19 bits per heavy atom. The summed E-state index contributed by atoms with van der Waals surface area (Å²) in [5.74, 6) is -0.418. The summed E-state index contributed by atoms with van der Waals surface area (Å²) >= 11 is 0. The van der Waals surface area contributed by atoms with Gasteiger partial charge in [0.05, 0.1) is 33.0 Å². The van der Waals surface area contributed by atoms with E-state index < -0.39 is 0 Å². The van der Waals surface area contributed by atoms with Crippen LogP contribution < -0.4 is 0 Å². The monoisotopic (exact) mass is 352 g/mol. The minimum absolute atomic E-state index is 0.0833. The van der Waals surface area contributed by atoms with Gasteiger partial charge in [-0.3, -0.25) is 0 Å². The number of ether oxygens (including phenoxy) is 3. The molecule has 2 atom stereocenters. The molecule has 0 saturated heterocycles. The van der Waals surface area contributed by atoms with Gasteiger partial charge in [-0.25, -0.2) is 4.79 Å². The molecule has 1 aliphatic carbocycles. The highest BCUT2D eigenvalue weighted by molar-refractivity contribution is 5.89. The number of methoxy groups -OCH3 is 1. The number of hydrogen-bond acceptors (Lipinski definition) is 4. The summed E-state index contributed by atoms with van der Waals surface area (Å²) in [4.78, 5) is 12.1. The molecule has 0 radical (unpaired) electrons. The first-order valence-electron chi connectivity index (χ1n) is 8.83. The minimum atomic E-state index is -0.302. The van der Waals surface area contributed by atoms with Gasteiger partial charge in [-0.2, -0.15) is 0 Å². The van der Waals surface area contributed by atoms with Crippen LogP contribution in [0.25, 0.3) is 0 Å². The fourth-order valence-corrected chi connectivity index (χ4v) is 3.15. The van der Waals surface area contributed by atoms with Gasteiger partial charge in [-0.05, 0) is 17.5 Å². The van der Waals surface area contributed by atoms with Crippen molar-refractivity contribution >= 4 is 5.97 Å². The number of carbonyl (C=O) groups is 1. The Hall–Kier alpha value is -2.43. The summed E-state index contributed by atoms with van der Waals surface area (Å²) in [6, 6.07) is 20.0. The average molecular weight is 352 g/mol.